The summed E-state index contributed by atoms with van der Waals surface area (Å²) in [7, 11) is -2.81. The number of hydrogen-bond acceptors (Lipinski definition) is 11. The maximum absolute atomic E-state index is 15.9. The number of halogens is 2. The predicted octanol–water partition coefficient (Wildman–Crippen LogP) is 5.31. The second-order valence-electron chi connectivity index (χ2n) is 12.6. The fourth-order valence-corrected chi connectivity index (χ4v) is 6.94. The summed E-state index contributed by atoms with van der Waals surface area (Å²) in [6.45, 7) is 8.26. The van der Waals surface area contributed by atoms with Crippen molar-refractivity contribution in [3.05, 3.63) is 54.6 Å². The Morgan fingerprint density at radius 2 is 1.96 bits per heavy atom. The van der Waals surface area contributed by atoms with Crippen molar-refractivity contribution in [2.75, 3.05) is 31.5 Å². The van der Waals surface area contributed by atoms with E-state index in [4.69, 9.17) is 30.1 Å². The summed E-state index contributed by atoms with van der Waals surface area (Å²) in [5.74, 6) is -0.116. The Bertz CT molecular complexity index is 1800. The second-order valence-corrected chi connectivity index (χ2v) is 14.6. The van der Waals surface area contributed by atoms with Gasteiger partial charge < -0.3 is 24.4 Å². The Morgan fingerprint density at radius 3 is 2.66 bits per heavy atom. The highest BCUT2D eigenvalue weighted by molar-refractivity contribution is 7.52. The number of ether oxygens (including phenoxy) is 2. The van der Waals surface area contributed by atoms with Crippen molar-refractivity contribution in [2.45, 2.75) is 64.8 Å². The van der Waals surface area contributed by atoms with Crippen molar-refractivity contribution < 1.29 is 37.4 Å². The third kappa shape index (κ3) is 7.38. The zero-order chi connectivity index (χ0) is 34.1. The van der Waals surface area contributed by atoms with E-state index < -0.39 is 56.3 Å². The van der Waals surface area contributed by atoms with Crippen molar-refractivity contribution >= 4 is 53.1 Å². The van der Waals surface area contributed by atoms with E-state index in [9.17, 15) is 14.5 Å². The van der Waals surface area contributed by atoms with Gasteiger partial charge in [0.2, 0.25) is 0 Å². The van der Waals surface area contributed by atoms with Crippen LogP contribution in [-0.4, -0.2) is 80.7 Å². The zero-order valence-corrected chi connectivity index (χ0v) is 28.6. The molecule has 0 unspecified atom stereocenters. The first-order valence-electron chi connectivity index (χ1n) is 15.0. The summed E-state index contributed by atoms with van der Waals surface area (Å²) in [5.41, 5.74) is -1.57. The third-order valence-corrected chi connectivity index (χ3v) is 9.60. The van der Waals surface area contributed by atoms with E-state index in [0.29, 0.717) is 22.5 Å². The summed E-state index contributed by atoms with van der Waals surface area (Å²) in [5, 5.41) is 18.2. The molecule has 254 valence electrons. The van der Waals surface area contributed by atoms with E-state index in [1.165, 1.54) is 17.8 Å². The molecule has 2 aromatic carbocycles. The van der Waals surface area contributed by atoms with E-state index in [1.54, 1.807) is 38.2 Å². The molecule has 13 nitrogen and oxygen atoms in total. The Balaban J connectivity index is 1.44. The van der Waals surface area contributed by atoms with Crippen molar-refractivity contribution in [1.29, 1.82) is 0 Å². The molecule has 2 aromatic heterocycles. The largest absolute Gasteiger partial charge is 0.464 e. The molecule has 4 aromatic rings. The Kier molecular flexibility index (Phi) is 10.1. The number of anilines is 1. The van der Waals surface area contributed by atoms with Crippen LogP contribution in [0.15, 0.2) is 48.8 Å². The molecule has 3 N–H and O–H groups in total. The lowest BCUT2D eigenvalue weighted by molar-refractivity contribution is -0.148. The summed E-state index contributed by atoms with van der Waals surface area (Å²) in [4.78, 5) is 25.9. The number of aliphatic hydroxyl groups is 1. The van der Waals surface area contributed by atoms with Crippen molar-refractivity contribution in [1.82, 2.24) is 24.6 Å². The van der Waals surface area contributed by atoms with E-state index >= 15 is 4.39 Å². The minimum Gasteiger partial charge on any atom is -0.464 e. The van der Waals surface area contributed by atoms with Crippen molar-refractivity contribution in [3.63, 3.8) is 0 Å². The predicted molar refractivity (Wildman–Crippen MR) is 175 cm³/mol. The molecule has 3 heterocycles. The Labute approximate surface area is 276 Å². The van der Waals surface area contributed by atoms with Gasteiger partial charge in [-0.2, -0.15) is 5.09 Å². The highest BCUT2D eigenvalue weighted by Gasteiger charge is 2.57. The first kappa shape index (κ1) is 34.9. The van der Waals surface area contributed by atoms with Gasteiger partial charge in [-0.15, -0.1) is 11.6 Å². The zero-order valence-electron chi connectivity index (χ0n) is 26.9. The smallest absolute Gasteiger partial charge is 0.459 e. The molecule has 0 bridgehead atoms. The first-order chi connectivity index (χ1) is 22.2. The lowest BCUT2D eigenvalue weighted by atomic mass is 9.99. The third-order valence-electron chi connectivity index (χ3n) is 7.54. The molecule has 0 saturated carbocycles. The van der Waals surface area contributed by atoms with Crippen LogP contribution in [0.2, 0.25) is 0 Å². The van der Waals surface area contributed by atoms with Crippen LogP contribution in [-0.2, 0) is 23.4 Å². The number of benzene rings is 2. The molecule has 0 spiro atoms. The van der Waals surface area contributed by atoms with Gasteiger partial charge in [-0.05, 0) is 30.7 Å². The monoisotopic (exact) mass is 692 g/mol. The molecule has 5 rings (SSSR count). The fraction of sp³-hybridized carbons (Fsp3) is 0.484. The molecule has 0 radical (unpaired) electrons. The van der Waals surface area contributed by atoms with Crippen LogP contribution in [0, 0.1) is 12.3 Å². The number of esters is 1. The summed E-state index contributed by atoms with van der Waals surface area (Å²) < 4.78 is 55.1. The minimum atomic E-state index is -4.48. The average Bonchev–Trinajstić information content (AvgIpc) is 3.56. The number of aromatic nitrogens is 4. The molecule has 16 heteroatoms. The SMILES string of the molecule is CNc1nc(C)nc2c1ncn2[C@@H]1O[C@](CCl)(CO[P@@](=O)(N[C@H](C)C(=O)OCC(C)(C)C)Oc2cccc3ccccc23)[C@@H](O)[C@H]1F. The molecule has 1 saturated heterocycles. The maximum Gasteiger partial charge on any atom is 0.459 e. The number of nitrogens with one attached hydrogen (secondary N) is 2. The lowest BCUT2D eigenvalue weighted by Crippen LogP contribution is -2.48. The van der Waals surface area contributed by atoms with Crippen LogP contribution in [0.1, 0.15) is 39.7 Å². The standard InChI is InChI=1S/C31H39ClFN6O7P/c1-18(29(41)43-15-30(3,4)5)38-47(42,46-22-13-9-11-20-10-7-8-12-21(20)22)44-16-31(14-32)25(40)23(33)28(45-31)39-17-35-24-26(34-6)36-19(2)37-27(24)39/h7-13,17-18,23,25,28,40H,14-16H2,1-6H3,(H,38,42)(H,34,36,37)/t18-,23-,25+,28-,31-,47+/m1/s1. The second kappa shape index (κ2) is 13.6. The number of imidazole rings is 1. The molecule has 1 fully saturated rings. The van der Waals surface area contributed by atoms with Gasteiger partial charge in [0.15, 0.2) is 29.4 Å². The average molecular weight is 693 g/mol. The molecular formula is C31H39ClFN6O7P. The number of hydrogen-bond donors (Lipinski definition) is 3. The Hall–Kier alpha value is -3.39. The summed E-state index contributed by atoms with van der Waals surface area (Å²) in [6, 6.07) is 11.3. The molecule has 47 heavy (non-hydrogen) atoms. The van der Waals surface area contributed by atoms with Gasteiger partial charge in [-0.3, -0.25) is 13.9 Å². The minimum absolute atomic E-state index is 0.116. The molecule has 1 aliphatic heterocycles. The lowest BCUT2D eigenvalue weighted by Gasteiger charge is -2.32. The topological polar surface area (TPSA) is 159 Å². The van der Waals surface area contributed by atoms with Crippen LogP contribution in [0.25, 0.3) is 21.9 Å². The number of carbonyl (C=O) groups excluding carboxylic acids is 1. The van der Waals surface area contributed by atoms with E-state index in [1.807, 2.05) is 39.0 Å². The van der Waals surface area contributed by atoms with Crippen molar-refractivity contribution in [2.24, 2.45) is 5.41 Å². The van der Waals surface area contributed by atoms with Crippen LogP contribution in [0.4, 0.5) is 10.2 Å². The van der Waals surface area contributed by atoms with Gasteiger partial charge in [0.05, 0.1) is 25.4 Å². The van der Waals surface area contributed by atoms with E-state index in [2.05, 4.69) is 25.4 Å². The number of alkyl halides is 2. The van der Waals surface area contributed by atoms with Gasteiger partial charge in [0, 0.05) is 12.4 Å². The number of carbonyl (C=O) groups is 1. The number of aliphatic hydroxyl groups excluding tert-OH is 1. The van der Waals surface area contributed by atoms with Crippen LogP contribution >= 0.6 is 19.3 Å². The molecular weight excluding hydrogens is 654 g/mol. The number of fused-ring (bicyclic) bond motifs is 2. The van der Waals surface area contributed by atoms with E-state index in [0.717, 1.165) is 5.39 Å². The van der Waals surface area contributed by atoms with Gasteiger partial charge in [-0.1, -0.05) is 57.2 Å². The van der Waals surface area contributed by atoms with Crippen LogP contribution in [0.3, 0.4) is 0 Å². The van der Waals surface area contributed by atoms with Gasteiger partial charge in [0.1, 0.15) is 29.3 Å². The molecule has 6 atom stereocenters. The van der Waals surface area contributed by atoms with Gasteiger partial charge in [0.25, 0.3) is 0 Å². The van der Waals surface area contributed by atoms with Gasteiger partial charge in [-0.25, -0.2) is 23.9 Å². The van der Waals surface area contributed by atoms with Crippen LogP contribution in [0.5, 0.6) is 5.75 Å². The molecule has 0 amide bonds. The fourth-order valence-electron chi connectivity index (χ4n) is 5.08. The van der Waals surface area contributed by atoms with Crippen LogP contribution < -0.4 is 14.9 Å². The maximum atomic E-state index is 15.9. The number of aryl methyl sites for hydroxylation is 1. The number of nitrogens with zero attached hydrogens (tertiary/aromatic N) is 4. The highest BCUT2D eigenvalue weighted by Crippen LogP contribution is 2.50. The van der Waals surface area contributed by atoms with E-state index in [-0.39, 0.29) is 23.4 Å². The van der Waals surface area contributed by atoms with Gasteiger partial charge >= 0.3 is 13.7 Å². The normalized spacial score (nSPS) is 23.5. The Morgan fingerprint density at radius 1 is 1.23 bits per heavy atom. The summed E-state index contributed by atoms with van der Waals surface area (Å²) >= 11 is 6.33. The summed E-state index contributed by atoms with van der Waals surface area (Å²) in [6.07, 6.45) is -3.93. The number of rotatable bonds is 12. The first-order valence-corrected chi connectivity index (χ1v) is 17.1. The van der Waals surface area contributed by atoms with Crippen molar-refractivity contribution in [3.8, 4) is 5.75 Å². The highest BCUT2D eigenvalue weighted by atomic mass is 35.5. The quantitative estimate of drug-likeness (QED) is 0.100. The molecule has 0 aliphatic carbocycles. The molecule has 1 aliphatic rings.